The van der Waals surface area contributed by atoms with Gasteiger partial charge in [-0.15, -0.1) is 0 Å². The van der Waals surface area contributed by atoms with Crippen molar-refractivity contribution in [1.29, 1.82) is 0 Å². The molecule has 2 N–H and O–H groups in total. The molecule has 96 valence electrons. The van der Waals surface area contributed by atoms with E-state index in [4.69, 9.17) is 9.84 Å². The van der Waals surface area contributed by atoms with Crippen molar-refractivity contribution < 1.29 is 19.4 Å². The van der Waals surface area contributed by atoms with E-state index in [1.165, 1.54) is 12.8 Å². The zero-order valence-corrected chi connectivity index (χ0v) is 9.85. The first kappa shape index (κ1) is 12.4. The van der Waals surface area contributed by atoms with Crippen LogP contribution in [-0.4, -0.2) is 36.7 Å². The van der Waals surface area contributed by atoms with Crippen LogP contribution in [0.3, 0.4) is 0 Å². The lowest BCUT2D eigenvalue weighted by Gasteiger charge is -2.05. The van der Waals surface area contributed by atoms with Gasteiger partial charge in [0.1, 0.15) is 0 Å². The van der Waals surface area contributed by atoms with Crippen LogP contribution in [0.25, 0.3) is 0 Å². The molecule has 0 spiro atoms. The van der Waals surface area contributed by atoms with E-state index in [1.54, 1.807) is 0 Å². The molecule has 5 nitrogen and oxygen atoms in total. The minimum absolute atomic E-state index is 0.125. The SMILES string of the molecule is O=C(O)C1CC1C(=O)NCCCOCC1CC1. The normalized spacial score (nSPS) is 26.6. The van der Waals surface area contributed by atoms with Crippen LogP contribution in [0.5, 0.6) is 0 Å². The summed E-state index contributed by atoms with van der Waals surface area (Å²) in [5.41, 5.74) is 0. The fourth-order valence-electron chi connectivity index (χ4n) is 1.81. The predicted octanol–water partition coefficient (Wildman–Crippen LogP) is 0.640. The number of amides is 1. The first-order valence-corrected chi connectivity index (χ1v) is 6.26. The lowest BCUT2D eigenvalue weighted by atomic mass is 10.3. The first-order chi connectivity index (χ1) is 8.18. The molecule has 0 aromatic rings. The molecule has 0 aliphatic heterocycles. The summed E-state index contributed by atoms with van der Waals surface area (Å²) in [4.78, 5) is 22.0. The summed E-state index contributed by atoms with van der Waals surface area (Å²) in [6.45, 7) is 2.09. The highest BCUT2D eigenvalue weighted by Crippen LogP contribution is 2.38. The molecule has 2 fully saturated rings. The van der Waals surface area contributed by atoms with Gasteiger partial charge in [0.2, 0.25) is 5.91 Å². The minimum Gasteiger partial charge on any atom is -0.481 e. The van der Waals surface area contributed by atoms with Crippen LogP contribution in [0.1, 0.15) is 25.7 Å². The van der Waals surface area contributed by atoms with Crippen LogP contribution in [0.4, 0.5) is 0 Å². The first-order valence-electron chi connectivity index (χ1n) is 6.26. The molecule has 5 heteroatoms. The van der Waals surface area contributed by atoms with Gasteiger partial charge in [0.25, 0.3) is 0 Å². The molecular weight excluding hydrogens is 222 g/mol. The number of nitrogens with one attached hydrogen (secondary N) is 1. The second-order valence-corrected chi connectivity index (χ2v) is 4.95. The number of ether oxygens (including phenoxy) is 1. The van der Waals surface area contributed by atoms with Crippen molar-refractivity contribution in [3.63, 3.8) is 0 Å². The topological polar surface area (TPSA) is 75.6 Å². The van der Waals surface area contributed by atoms with Gasteiger partial charge in [-0.1, -0.05) is 0 Å². The van der Waals surface area contributed by atoms with E-state index in [0.717, 1.165) is 18.9 Å². The van der Waals surface area contributed by atoms with Crippen molar-refractivity contribution in [3.05, 3.63) is 0 Å². The van der Waals surface area contributed by atoms with Crippen LogP contribution in [-0.2, 0) is 14.3 Å². The van der Waals surface area contributed by atoms with Gasteiger partial charge < -0.3 is 15.2 Å². The van der Waals surface area contributed by atoms with E-state index in [-0.39, 0.29) is 11.8 Å². The molecule has 2 unspecified atom stereocenters. The van der Waals surface area contributed by atoms with Gasteiger partial charge in [-0.2, -0.15) is 0 Å². The molecule has 2 aliphatic rings. The summed E-state index contributed by atoms with van der Waals surface area (Å²) >= 11 is 0. The molecule has 0 aromatic heterocycles. The van der Waals surface area contributed by atoms with Gasteiger partial charge in [-0.3, -0.25) is 9.59 Å². The Balaban J connectivity index is 1.44. The van der Waals surface area contributed by atoms with Crippen LogP contribution in [0.2, 0.25) is 0 Å². The summed E-state index contributed by atoms with van der Waals surface area (Å²) < 4.78 is 5.43. The Bertz CT molecular complexity index is 301. The smallest absolute Gasteiger partial charge is 0.307 e. The molecule has 1 amide bonds. The number of aliphatic carboxylic acids is 1. The third kappa shape index (κ3) is 4.00. The Hall–Kier alpha value is -1.10. The van der Waals surface area contributed by atoms with Crippen molar-refractivity contribution in [1.82, 2.24) is 5.32 Å². The molecule has 0 aromatic carbocycles. The van der Waals surface area contributed by atoms with Crippen molar-refractivity contribution >= 4 is 11.9 Å². The second-order valence-electron chi connectivity index (χ2n) is 4.95. The molecule has 2 saturated carbocycles. The number of hydrogen-bond donors (Lipinski definition) is 2. The summed E-state index contributed by atoms with van der Waals surface area (Å²) in [5, 5.41) is 11.4. The maximum Gasteiger partial charge on any atom is 0.307 e. The van der Waals surface area contributed by atoms with E-state index in [0.29, 0.717) is 19.6 Å². The third-order valence-corrected chi connectivity index (χ3v) is 3.26. The van der Waals surface area contributed by atoms with Crippen LogP contribution >= 0.6 is 0 Å². The fourth-order valence-corrected chi connectivity index (χ4v) is 1.81. The highest BCUT2D eigenvalue weighted by atomic mass is 16.5. The van der Waals surface area contributed by atoms with Gasteiger partial charge in [-0.05, 0) is 31.6 Å². The summed E-state index contributed by atoms with van der Waals surface area (Å²) in [6, 6.07) is 0. The van der Waals surface area contributed by atoms with E-state index >= 15 is 0 Å². The average molecular weight is 241 g/mol. The van der Waals surface area contributed by atoms with Gasteiger partial charge in [-0.25, -0.2) is 0 Å². The number of carboxylic acids is 1. The molecule has 2 atom stereocenters. The Kier molecular flexibility index (Phi) is 3.99. The molecule has 0 bridgehead atoms. The molecule has 2 rings (SSSR count). The zero-order valence-electron chi connectivity index (χ0n) is 9.85. The Morgan fingerprint density at radius 1 is 1.29 bits per heavy atom. The number of rotatable bonds is 8. The fraction of sp³-hybridized carbons (Fsp3) is 0.833. The molecule has 0 radical (unpaired) electrons. The largest absolute Gasteiger partial charge is 0.481 e. The Morgan fingerprint density at radius 3 is 2.65 bits per heavy atom. The molecule has 17 heavy (non-hydrogen) atoms. The maximum atomic E-state index is 11.5. The third-order valence-electron chi connectivity index (χ3n) is 3.26. The molecule has 0 heterocycles. The van der Waals surface area contributed by atoms with E-state index in [1.807, 2.05) is 0 Å². The van der Waals surface area contributed by atoms with Gasteiger partial charge in [0.05, 0.1) is 11.8 Å². The number of carbonyl (C=O) groups is 2. The lowest BCUT2D eigenvalue weighted by molar-refractivity contribution is -0.140. The van der Waals surface area contributed by atoms with E-state index < -0.39 is 11.9 Å². The highest BCUT2D eigenvalue weighted by molar-refractivity contribution is 5.89. The Labute approximate surface area is 101 Å². The highest BCUT2D eigenvalue weighted by Gasteiger charge is 2.48. The van der Waals surface area contributed by atoms with Gasteiger partial charge >= 0.3 is 5.97 Å². The number of hydrogen-bond acceptors (Lipinski definition) is 3. The summed E-state index contributed by atoms with van der Waals surface area (Å²) in [6.07, 6.45) is 3.85. The monoisotopic (exact) mass is 241 g/mol. The summed E-state index contributed by atoms with van der Waals surface area (Å²) in [5.74, 6) is -0.981. The number of carbonyl (C=O) groups excluding carboxylic acids is 1. The summed E-state index contributed by atoms with van der Waals surface area (Å²) in [7, 11) is 0. The quantitative estimate of drug-likeness (QED) is 0.611. The number of carboxylic acid groups (broad SMARTS) is 1. The van der Waals surface area contributed by atoms with Crippen LogP contribution in [0.15, 0.2) is 0 Å². The van der Waals surface area contributed by atoms with Crippen molar-refractivity contribution in [2.24, 2.45) is 17.8 Å². The van der Waals surface area contributed by atoms with Crippen LogP contribution < -0.4 is 5.32 Å². The Morgan fingerprint density at radius 2 is 2.06 bits per heavy atom. The average Bonchev–Trinajstić information content (AvgIpc) is 3.16. The molecular formula is C12H19NO4. The maximum absolute atomic E-state index is 11.5. The molecule has 0 saturated heterocycles. The molecule has 2 aliphatic carbocycles. The lowest BCUT2D eigenvalue weighted by Crippen LogP contribution is -2.28. The predicted molar refractivity (Wildman–Crippen MR) is 60.4 cm³/mol. The minimum atomic E-state index is -0.863. The zero-order chi connectivity index (χ0) is 12.3. The second kappa shape index (κ2) is 5.49. The van der Waals surface area contributed by atoms with E-state index in [2.05, 4.69) is 5.32 Å². The van der Waals surface area contributed by atoms with Gasteiger partial charge in [0.15, 0.2) is 0 Å². The van der Waals surface area contributed by atoms with Crippen molar-refractivity contribution in [2.45, 2.75) is 25.7 Å². The standard InChI is InChI=1S/C12H19NO4/c14-11(9-6-10(9)12(15)16)13-4-1-5-17-7-8-2-3-8/h8-10H,1-7H2,(H,13,14)(H,15,16). The van der Waals surface area contributed by atoms with Crippen LogP contribution in [0, 0.1) is 17.8 Å². The van der Waals surface area contributed by atoms with Crippen molar-refractivity contribution in [2.75, 3.05) is 19.8 Å². The van der Waals surface area contributed by atoms with Crippen molar-refractivity contribution in [3.8, 4) is 0 Å². The van der Waals surface area contributed by atoms with E-state index in [9.17, 15) is 9.59 Å². The van der Waals surface area contributed by atoms with Gasteiger partial charge in [0, 0.05) is 19.8 Å².